The summed E-state index contributed by atoms with van der Waals surface area (Å²) in [5.41, 5.74) is -2.68. The molecular formula is C14H12F4N4O3. The topological polar surface area (TPSA) is 97.1 Å². The van der Waals surface area contributed by atoms with Crippen LogP contribution in [0.5, 0.6) is 0 Å². The van der Waals surface area contributed by atoms with E-state index in [0.717, 1.165) is 12.1 Å². The Kier molecular flexibility index (Phi) is 5.35. The van der Waals surface area contributed by atoms with Gasteiger partial charge in [-0.2, -0.15) is 13.2 Å². The number of hydrogen-bond acceptors (Lipinski definition) is 4. The number of hydrogen-bond donors (Lipinski definition) is 2. The third-order valence-corrected chi connectivity index (χ3v) is 3.06. The zero-order valence-electron chi connectivity index (χ0n) is 12.5. The van der Waals surface area contributed by atoms with E-state index in [0.29, 0.717) is 4.68 Å². The van der Waals surface area contributed by atoms with Crippen molar-refractivity contribution in [3.63, 3.8) is 0 Å². The summed E-state index contributed by atoms with van der Waals surface area (Å²) in [6.45, 7) is -0.144. The molecule has 0 radical (unpaired) electrons. The molecule has 0 aliphatic rings. The van der Waals surface area contributed by atoms with E-state index in [4.69, 9.17) is 5.11 Å². The molecular weight excluding hydrogens is 348 g/mol. The second-order valence-corrected chi connectivity index (χ2v) is 4.93. The zero-order valence-corrected chi connectivity index (χ0v) is 12.5. The third kappa shape index (κ3) is 4.52. The van der Waals surface area contributed by atoms with Crippen LogP contribution in [0.2, 0.25) is 0 Å². The van der Waals surface area contributed by atoms with Crippen molar-refractivity contribution in [1.29, 1.82) is 0 Å². The first-order valence-corrected chi connectivity index (χ1v) is 6.99. The minimum Gasteiger partial charge on any atom is -0.481 e. The molecule has 134 valence electrons. The van der Waals surface area contributed by atoms with E-state index in [1.807, 2.05) is 0 Å². The highest BCUT2D eigenvalue weighted by molar-refractivity contribution is 5.93. The molecule has 7 nitrogen and oxygen atoms in total. The molecule has 0 saturated heterocycles. The van der Waals surface area contributed by atoms with Crippen LogP contribution in [0.15, 0.2) is 24.3 Å². The number of benzene rings is 1. The number of amides is 1. The van der Waals surface area contributed by atoms with E-state index in [1.165, 1.54) is 12.1 Å². The summed E-state index contributed by atoms with van der Waals surface area (Å²) in [5.74, 6) is -3.02. The average Bonchev–Trinajstić information content (AvgIpc) is 2.96. The van der Waals surface area contributed by atoms with Crippen LogP contribution in [-0.2, 0) is 11.0 Å². The summed E-state index contributed by atoms with van der Waals surface area (Å²) in [6, 6.07) is 4.24. The molecule has 0 spiro atoms. The number of halogens is 4. The molecule has 1 heterocycles. The van der Waals surface area contributed by atoms with Gasteiger partial charge in [0.25, 0.3) is 5.91 Å². The number of alkyl halides is 3. The van der Waals surface area contributed by atoms with E-state index in [9.17, 15) is 27.2 Å². The number of aliphatic carboxylic acids is 1. The number of carbonyl (C=O) groups excluding carboxylic acids is 1. The van der Waals surface area contributed by atoms with Crippen molar-refractivity contribution in [2.45, 2.75) is 19.0 Å². The third-order valence-electron chi connectivity index (χ3n) is 3.06. The van der Waals surface area contributed by atoms with Crippen LogP contribution < -0.4 is 5.32 Å². The number of rotatable bonds is 6. The van der Waals surface area contributed by atoms with Crippen molar-refractivity contribution in [3.05, 3.63) is 41.5 Å². The van der Waals surface area contributed by atoms with Gasteiger partial charge >= 0.3 is 12.1 Å². The lowest BCUT2D eigenvalue weighted by atomic mass is 10.2. The first-order chi connectivity index (χ1) is 11.7. The van der Waals surface area contributed by atoms with Gasteiger partial charge in [0.1, 0.15) is 5.82 Å². The average molecular weight is 360 g/mol. The van der Waals surface area contributed by atoms with E-state index < -0.39 is 35.3 Å². The van der Waals surface area contributed by atoms with Gasteiger partial charge in [-0.15, -0.1) is 5.10 Å². The van der Waals surface area contributed by atoms with Gasteiger partial charge in [-0.25, -0.2) is 9.07 Å². The smallest absolute Gasteiger partial charge is 0.435 e. The first-order valence-electron chi connectivity index (χ1n) is 6.99. The molecule has 0 saturated carbocycles. The maximum atomic E-state index is 13.3. The standard InChI is InChI=1S/C14H12F4N4O3/c15-8-3-1-4-9(7-8)22-12(14(16,17)18)11(20-21-22)13(25)19-6-2-5-10(23)24/h1,3-4,7H,2,5-6H2,(H,19,25)(H,23,24). The van der Waals surface area contributed by atoms with Crippen molar-refractivity contribution in [3.8, 4) is 5.69 Å². The number of aromatic nitrogens is 3. The fraction of sp³-hybridized carbons (Fsp3) is 0.286. The molecule has 0 atom stereocenters. The Morgan fingerprint density at radius 2 is 2.00 bits per heavy atom. The van der Waals surface area contributed by atoms with Crippen molar-refractivity contribution < 1.29 is 32.3 Å². The van der Waals surface area contributed by atoms with E-state index in [2.05, 4.69) is 15.6 Å². The Morgan fingerprint density at radius 3 is 2.60 bits per heavy atom. The molecule has 0 aliphatic heterocycles. The minimum absolute atomic E-state index is 0.0421. The predicted molar refractivity (Wildman–Crippen MR) is 75.5 cm³/mol. The van der Waals surface area contributed by atoms with Gasteiger partial charge in [-0.05, 0) is 24.6 Å². The fourth-order valence-corrected chi connectivity index (χ4v) is 2.00. The minimum atomic E-state index is -4.97. The Bertz CT molecular complexity index is 789. The number of nitrogens with zero attached hydrogens (tertiary/aromatic N) is 3. The second kappa shape index (κ2) is 7.28. The van der Waals surface area contributed by atoms with E-state index in [1.54, 1.807) is 0 Å². The van der Waals surface area contributed by atoms with Crippen molar-refractivity contribution in [2.75, 3.05) is 6.54 Å². The van der Waals surface area contributed by atoms with Gasteiger partial charge < -0.3 is 10.4 Å². The van der Waals surface area contributed by atoms with Gasteiger partial charge in [0.2, 0.25) is 0 Å². The quantitative estimate of drug-likeness (QED) is 0.607. The lowest BCUT2D eigenvalue weighted by Gasteiger charge is -2.11. The molecule has 2 N–H and O–H groups in total. The molecule has 11 heteroatoms. The van der Waals surface area contributed by atoms with Crippen LogP contribution in [0.3, 0.4) is 0 Å². The van der Waals surface area contributed by atoms with E-state index in [-0.39, 0.29) is 25.1 Å². The van der Waals surface area contributed by atoms with Crippen LogP contribution >= 0.6 is 0 Å². The molecule has 0 aliphatic carbocycles. The molecule has 1 aromatic heterocycles. The van der Waals surface area contributed by atoms with Gasteiger partial charge in [0.05, 0.1) is 5.69 Å². The number of carboxylic acid groups (broad SMARTS) is 1. The van der Waals surface area contributed by atoms with Gasteiger partial charge in [0.15, 0.2) is 11.4 Å². The molecule has 2 aromatic rings. The fourth-order valence-electron chi connectivity index (χ4n) is 2.00. The highest BCUT2D eigenvalue weighted by Crippen LogP contribution is 2.32. The van der Waals surface area contributed by atoms with Crippen LogP contribution in [0.1, 0.15) is 29.0 Å². The first kappa shape index (κ1) is 18.4. The van der Waals surface area contributed by atoms with Crippen LogP contribution in [-0.4, -0.2) is 38.5 Å². The van der Waals surface area contributed by atoms with Crippen molar-refractivity contribution in [1.82, 2.24) is 20.3 Å². The highest BCUT2D eigenvalue weighted by Gasteiger charge is 2.42. The maximum absolute atomic E-state index is 13.3. The Labute approximate surface area is 138 Å². The second-order valence-electron chi connectivity index (χ2n) is 4.93. The summed E-state index contributed by atoms with van der Waals surface area (Å²) < 4.78 is 53.6. The van der Waals surface area contributed by atoms with Gasteiger partial charge in [-0.3, -0.25) is 9.59 Å². The highest BCUT2D eigenvalue weighted by atomic mass is 19.4. The largest absolute Gasteiger partial charge is 0.481 e. The number of carbonyl (C=O) groups is 2. The van der Waals surface area contributed by atoms with Crippen molar-refractivity contribution in [2.24, 2.45) is 0 Å². The monoisotopic (exact) mass is 360 g/mol. The van der Waals surface area contributed by atoms with Gasteiger partial charge in [0, 0.05) is 13.0 Å². The molecule has 25 heavy (non-hydrogen) atoms. The van der Waals surface area contributed by atoms with Gasteiger partial charge in [-0.1, -0.05) is 11.3 Å². The molecule has 0 unspecified atom stereocenters. The Balaban J connectivity index is 2.30. The summed E-state index contributed by atoms with van der Waals surface area (Å²) in [5, 5.41) is 17.2. The molecule has 0 fully saturated rings. The number of carboxylic acids is 1. The predicted octanol–water partition coefficient (Wildman–Crippen LogP) is 2.02. The molecule has 0 bridgehead atoms. The van der Waals surface area contributed by atoms with Crippen LogP contribution in [0, 0.1) is 5.82 Å². The molecule has 2 rings (SSSR count). The molecule has 1 aromatic carbocycles. The normalized spacial score (nSPS) is 11.4. The Morgan fingerprint density at radius 1 is 1.28 bits per heavy atom. The van der Waals surface area contributed by atoms with Crippen LogP contribution in [0.25, 0.3) is 5.69 Å². The molecule has 1 amide bonds. The van der Waals surface area contributed by atoms with Crippen LogP contribution in [0.4, 0.5) is 17.6 Å². The summed E-state index contributed by atoms with van der Waals surface area (Å²) in [6.07, 6.45) is -5.17. The Hall–Kier alpha value is -2.98. The summed E-state index contributed by atoms with van der Waals surface area (Å²) >= 11 is 0. The summed E-state index contributed by atoms with van der Waals surface area (Å²) in [7, 11) is 0. The lowest BCUT2D eigenvalue weighted by Crippen LogP contribution is -2.28. The lowest BCUT2D eigenvalue weighted by molar-refractivity contribution is -0.143. The van der Waals surface area contributed by atoms with Crippen molar-refractivity contribution >= 4 is 11.9 Å². The zero-order chi connectivity index (χ0) is 18.6. The number of nitrogens with one attached hydrogen (secondary N) is 1. The van der Waals surface area contributed by atoms with E-state index >= 15 is 0 Å². The summed E-state index contributed by atoms with van der Waals surface area (Å²) in [4.78, 5) is 22.3. The SMILES string of the molecule is O=C(O)CCCNC(=O)c1nnn(-c2cccc(F)c2)c1C(F)(F)F. The maximum Gasteiger partial charge on any atom is 0.435 e.